The highest BCUT2D eigenvalue weighted by Crippen LogP contribution is 2.23. The molecule has 0 radical (unpaired) electrons. The molecule has 2 aliphatic heterocycles. The van der Waals surface area contributed by atoms with Gasteiger partial charge in [-0.1, -0.05) is 25.1 Å². The number of nitrogens with one attached hydrogen (secondary N) is 1. The van der Waals surface area contributed by atoms with Gasteiger partial charge in [0.15, 0.2) is 0 Å². The Morgan fingerprint density at radius 1 is 1.23 bits per heavy atom. The van der Waals surface area contributed by atoms with Gasteiger partial charge in [0.1, 0.15) is 11.9 Å². The van der Waals surface area contributed by atoms with Crippen molar-refractivity contribution in [2.24, 2.45) is 0 Å². The minimum absolute atomic E-state index is 0.0228. The van der Waals surface area contributed by atoms with E-state index in [1.54, 1.807) is 0 Å². The second kappa shape index (κ2) is 8.73. The molecule has 0 bridgehead atoms. The van der Waals surface area contributed by atoms with Crippen LogP contribution in [0.3, 0.4) is 0 Å². The van der Waals surface area contributed by atoms with Gasteiger partial charge in [0.2, 0.25) is 0 Å². The highest BCUT2D eigenvalue weighted by atomic mass is 16.5. The van der Waals surface area contributed by atoms with E-state index in [-0.39, 0.29) is 12.1 Å². The molecule has 0 aliphatic carbocycles. The van der Waals surface area contributed by atoms with Gasteiger partial charge in [-0.2, -0.15) is 0 Å². The van der Waals surface area contributed by atoms with Crippen molar-refractivity contribution in [1.29, 1.82) is 0 Å². The maximum Gasteiger partial charge on any atom is 0.317 e. The van der Waals surface area contributed by atoms with Crippen LogP contribution in [0.15, 0.2) is 24.3 Å². The Labute approximate surface area is 157 Å². The molecule has 0 aromatic heterocycles. The van der Waals surface area contributed by atoms with Crippen molar-refractivity contribution in [3.63, 3.8) is 0 Å². The number of ether oxygens (including phenoxy) is 1. The lowest BCUT2D eigenvalue weighted by atomic mass is 10.1. The highest BCUT2D eigenvalue weighted by molar-refractivity contribution is 5.75. The number of rotatable bonds is 6. The Bertz CT molecular complexity index is 595. The van der Waals surface area contributed by atoms with E-state index in [9.17, 15) is 4.79 Å². The Morgan fingerprint density at radius 2 is 1.92 bits per heavy atom. The summed E-state index contributed by atoms with van der Waals surface area (Å²) in [6.45, 7) is 10.7. The molecule has 2 saturated heterocycles. The average molecular weight is 361 g/mol. The molecular weight excluding hydrogens is 328 g/mol. The van der Waals surface area contributed by atoms with Crippen molar-refractivity contribution in [3.05, 3.63) is 29.8 Å². The molecule has 6 heteroatoms. The van der Waals surface area contributed by atoms with Gasteiger partial charge in [0, 0.05) is 38.8 Å². The molecule has 2 heterocycles. The van der Waals surface area contributed by atoms with Crippen molar-refractivity contribution in [1.82, 2.24) is 20.0 Å². The molecule has 2 amide bonds. The zero-order chi connectivity index (χ0) is 18.5. The number of urea groups is 1. The lowest BCUT2D eigenvalue weighted by Gasteiger charge is -2.40. The number of hydrogen-bond acceptors (Lipinski definition) is 4. The van der Waals surface area contributed by atoms with E-state index in [4.69, 9.17) is 4.74 Å². The van der Waals surface area contributed by atoms with E-state index in [1.807, 2.05) is 23.1 Å². The normalized spacial score (nSPS) is 20.5. The molecule has 2 fully saturated rings. The predicted molar refractivity (Wildman–Crippen MR) is 104 cm³/mol. The summed E-state index contributed by atoms with van der Waals surface area (Å²) < 4.78 is 6.05. The minimum atomic E-state index is 0.0228. The summed E-state index contributed by atoms with van der Waals surface area (Å²) in [6, 6.07) is 8.54. The second-order valence-electron chi connectivity index (χ2n) is 7.48. The van der Waals surface area contributed by atoms with Gasteiger partial charge in [0.05, 0.1) is 13.1 Å². The number of piperazine rings is 1. The van der Waals surface area contributed by atoms with Gasteiger partial charge in [0.25, 0.3) is 0 Å². The fourth-order valence-electron chi connectivity index (χ4n) is 3.51. The third-order valence-corrected chi connectivity index (χ3v) is 5.49. The lowest BCUT2D eigenvalue weighted by Crippen LogP contribution is -2.60. The molecular formula is C20H32N4O2. The second-order valence-corrected chi connectivity index (χ2v) is 7.48. The number of carbonyl (C=O) groups is 1. The Hall–Kier alpha value is -1.79. The van der Waals surface area contributed by atoms with Crippen molar-refractivity contribution < 1.29 is 9.53 Å². The van der Waals surface area contributed by atoms with Gasteiger partial charge in [-0.25, -0.2) is 4.79 Å². The Balaban J connectivity index is 1.37. The largest absolute Gasteiger partial charge is 0.486 e. The standard InChI is InChI=1S/C20H32N4O2/c1-4-17-7-5-6-8-19(17)26-18-14-24(15-18)20(25)21-13-16(2)23-11-9-22(3)10-12-23/h5-8,16,18H,4,9-15H2,1-3H3,(H,21,25). The van der Waals surface area contributed by atoms with Crippen LogP contribution in [-0.2, 0) is 6.42 Å². The van der Waals surface area contributed by atoms with Crippen LogP contribution in [0.25, 0.3) is 0 Å². The number of para-hydroxylation sites is 1. The highest BCUT2D eigenvalue weighted by Gasteiger charge is 2.33. The van der Waals surface area contributed by atoms with Crippen LogP contribution in [0.1, 0.15) is 19.4 Å². The van der Waals surface area contributed by atoms with Crippen molar-refractivity contribution in [3.8, 4) is 5.75 Å². The van der Waals surface area contributed by atoms with Gasteiger partial charge in [-0.3, -0.25) is 4.90 Å². The molecule has 3 rings (SSSR count). The SMILES string of the molecule is CCc1ccccc1OC1CN(C(=O)NCC(C)N2CCN(C)CC2)C1. The quantitative estimate of drug-likeness (QED) is 0.838. The van der Waals surface area contributed by atoms with Gasteiger partial charge in [-0.15, -0.1) is 0 Å². The fourth-order valence-corrected chi connectivity index (χ4v) is 3.51. The lowest BCUT2D eigenvalue weighted by molar-refractivity contribution is 0.0427. The first-order chi connectivity index (χ1) is 12.6. The summed E-state index contributed by atoms with van der Waals surface area (Å²) in [4.78, 5) is 18.9. The van der Waals surface area contributed by atoms with Gasteiger partial charge >= 0.3 is 6.03 Å². The molecule has 0 spiro atoms. The van der Waals surface area contributed by atoms with E-state index in [2.05, 4.69) is 42.1 Å². The third kappa shape index (κ3) is 4.68. The number of nitrogens with zero attached hydrogens (tertiary/aromatic N) is 3. The molecule has 1 unspecified atom stereocenters. The van der Waals surface area contributed by atoms with E-state index >= 15 is 0 Å². The number of amides is 2. The van der Waals surface area contributed by atoms with E-state index in [0.717, 1.165) is 38.3 Å². The van der Waals surface area contributed by atoms with Crippen LogP contribution >= 0.6 is 0 Å². The number of likely N-dealkylation sites (N-methyl/N-ethyl adjacent to an activating group) is 1. The van der Waals surface area contributed by atoms with Crippen LogP contribution in [-0.4, -0.2) is 85.7 Å². The zero-order valence-electron chi connectivity index (χ0n) is 16.3. The summed E-state index contributed by atoms with van der Waals surface area (Å²) in [6.07, 6.45) is 1.06. The number of aryl methyl sites for hydroxylation is 1. The third-order valence-electron chi connectivity index (χ3n) is 5.49. The minimum Gasteiger partial charge on any atom is -0.486 e. The smallest absolute Gasteiger partial charge is 0.317 e. The number of carbonyl (C=O) groups excluding carboxylic acids is 1. The first-order valence-corrected chi connectivity index (χ1v) is 9.76. The number of benzene rings is 1. The van der Waals surface area contributed by atoms with Crippen molar-refractivity contribution in [2.75, 3.05) is 52.9 Å². The molecule has 1 N–H and O–H groups in total. The average Bonchev–Trinajstić information content (AvgIpc) is 2.63. The van der Waals surface area contributed by atoms with Crippen LogP contribution in [0.2, 0.25) is 0 Å². The first-order valence-electron chi connectivity index (χ1n) is 9.76. The number of likely N-dealkylation sites (tertiary alicyclic amines) is 1. The molecule has 1 aromatic carbocycles. The molecule has 26 heavy (non-hydrogen) atoms. The topological polar surface area (TPSA) is 48.1 Å². The van der Waals surface area contributed by atoms with E-state index in [0.29, 0.717) is 25.7 Å². The van der Waals surface area contributed by atoms with Crippen LogP contribution in [0.5, 0.6) is 5.75 Å². The molecule has 6 nitrogen and oxygen atoms in total. The summed E-state index contributed by atoms with van der Waals surface area (Å²) in [5.41, 5.74) is 1.22. The first kappa shape index (κ1) is 19.0. The van der Waals surface area contributed by atoms with E-state index in [1.165, 1.54) is 5.56 Å². The van der Waals surface area contributed by atoms with Crippen LogP contribution in [0.4, 0.5) is 4.79 Å². The van der Waals surface area contributed by atoms with Gasteiger partial charge in [-0.05, 0) is 32.0 Å². The Kier molecular flexibility index (Phi) is 6.38. The summed E-state index contributed by atoms with van der Waals surface area (Å²) in [5.74, 6) is 0.948. The van der Waals surface area contributed by atoms with Crippen LogP contribution < -0.4 is 10.1 Å². The Morgan fingerprint density at radius 3 is 2.62 bits per heavy atom. The maximum atomic E-state index is 12.3. The molecule has 1 aromatic rings. The zero-order valence-corrected chi connectivity index (χ0v) is 16.3. The number of hydrogen-bond donors (Lipinski definition) is 1. The summed E-state index contributed by atoms with van der Waals surface area (Å²) in [7, 11) is 2.16. The summed E-state index contributed by atoms with van der Waals surface area (Å²) in [5, 5.41) is 3.08. The maximum absolute atomic E-state index is 12.3. The van der Waals surface area contributed by atoms with Crippen molar-refractivity contribution in [2.45, 2.75) is 32.4 Å². The van der Waals surface area contributed by atoms with Crippen molar-refractivity contribution >= 4 is 6.03 Å². The van der Waals surface area contributed by atoms with Crippen LogP contribution in [0, 0.1) is 0 Å². The molecule has 1 atom stereocenters. The molecule has 144 valence electrons. The molecule has 0 saturated carbocycles. The predicted octanol–water partition coefficient (Wildman–Crippen LogP) is 1.66. The fraction of sp³-hybridized carbons (Fsp3) is 0.650. The molecule has 2 aliphatic rings. The monoisotopic (exact) mass is 360 g/mol. The van der Waals surface area contributed by atoms with E-state index < -0.39 is 0 Å². The van der Waals surface area contributed by atoms with Gasteiger partial charge < -0.3 is 19.9 Å². The summed E-state index contributed by atoms with van der Waals surface area (Å²) >= 11 is 0.